The van der Waals surface area contributed by atoms with Crippen molar-refractivity contribution in [2.75, 3.05) is 13.2 Å². The summed E-state index contributed by atoms with van der Waals surface area (Å²) in [4.78, 5) is 17.7. The molecule has 124 valence electrons. The molecule has 1 saturated carbocycles. The molecule has 1 aromatic heterocycles. The van der Waals surface area contributed by atoms with Crippen molar-refractivity contribution in [2.45, 2.75) is 39.2 Å². The molecule has 0 spiro atoms. The van der Waals surface area contributed by atoms with Gasteiger partial charge in [0.1, 0.15) is 0 Å². The number of hydrogen-bond acceptors (Lipinski definition) is 3. The first kappa shape index (κ1) is 16.9. The lowest BCUT2D eigenvalue weighted by molar-refractivity contribution is -0.121. The summed E-state index contributed by atoms with van der Waals surface area (Å²) in [6.07, 6.45) is 4.26. The predicted octanol–water partition coefficient (Wildman–Crippen LogP) is 4.12. The minimum absolute atomic E-state index is 0.0401. The lowest BCUT2D eigenvalue weighted by atomic mass is 10.1. The van der Waals surface area contributed by atoms with E-state index in [4.69, 9.17) is 4.74 Å². The number of aromatic nitrogens is 1. The number of amides is 1. The summed E-state index contributed by atoms with van der Waals surface area (Å²) < 4.78 is 9.77. The van der Waals surface area contributed by atoms with E-state index in [0.29, 0.717) is 19.8 Å². The average molecular weight is 397 g/mol. The number of benzene rings is 1. The fourth-order valence-electron chi connectivity index (χ4n) is 3.01. The van der Waals surface area contributed by atoms with Crippen LogP contribution in [-0.4, -0.2) is 23.7 Å². The van der Waals surface area contributed by atoms with Crippen LogP contribution in [0.25, 0.3) is 10.2 Å². The zero-order valence-corrected chi connectivity index (χ0v) is 15.7. The highest BCUT2D eigenvalue weighted by atomic mass is 79.9. The number of ether oxygens (including phenoxy) is 1. The molecule has 2 aromatic rings. The first-order valence-corrected chi connectivity index (χ1v) is 9.75. The first-order chi connectivity index (χ1) is 11.2. The topological polar surface area (TPSA) is 43.6 Å². The van der Waals surface area contributed by atoms with E-state index in [-0.39, 0.29) is 11.8 Å². The largest absolute Gasteiger partial charge is 0.380 e. The maximum absolute atomic E-state index is 12.4. The van der Waals surface area contributed by atoms with Gasteiger partial charge >= 0.3 is 0 Å². The Bertz CT molecular complexity index is 760. The molecule has 0 bridgehead atoms. The molecule has 0 saturated heterocycles. The van der Waals surface area contributed by atoms with Crippen molar-refractivity contribution in [3.05, 3.63) is 27.5 Å². The molecule has 4 nitrogen and oxygen atoms in total. The summed E-state index contributed by atoms with van der Waals surface area (Å²) in [7, 11) is 0. The van der Waals surface area contributed by atoms with Gasteiger partial charge in [-0.05, 0) is 38.0 Å². The second kappa shape index (κ2) is 7.73. The van der Waals surface area contributed by atoms with Crippen LogP contribution in [0.5, 0.6) is 0 Å². The van der Waals surface area contributed by atoms with Crippen molar-refractivity contribution < 1.29 is 9.53 Å². The van der Waals surface area contributed by atoms with E-state index in [1.165, 1.54) is 0 Å². The zero-order chi connectivity index (χ0) is 16.2. The zero-order valence-electron chi connectivity index (χ0n) is 13.3. The Morgan fingerprint density at radius 2 is 2.22 bits per heavy atom. The van der Waals surface area contributed by atoms with Crippen molar-refractivity contribution in [2.24, 2.45) is 10.9 Å². The number of carbonyl (C=O) groups excluding carboxylic acids is 1. The molecule has 1 aliphatic rings. The molecule has 0 unspecified atom stereocenters. The number of rotatable bonds is 5. The van der Waals surface area contributed by atoms with Crippen LogP contribution in [0.4, 0.5) is 0 Å². The molecule has 1 aromatic carbocycles. The molecule has 0 N–H and O–H groups in total. The second-order valence-corrected chi connectivity index (χ2v) is 7.70. The fraction of sp³-hybridized carbons (Fsp3) is 0.529. The van der Waals surface area contributed by atoms with Crippen LogP contribution in [0.2, 0.25) is 0 Å². The van der Waals surface area contributed by atoms with Gasteiger partial charge < -0.3 is 9.30 Å². The first-order valence-electron chi connectivity index (χ1n) is 8.14. The third-order valence-corrected chi connectivity index (χ3v) is 5.75. The lowest BCUT2D eigenvalue weighted by Gasteiger charge is -2.06. The minimum atomic E-state index is 0.0401. The van der Waals surface area contributed by atoms with Crippen molar-refractivity contribution in [3.8, 4) is 0 Å². The normalized spacial score (nSPS) is 16.5. The van der Waals surface area contributed by atoms with Gasteiger partial charge in [-0.25, -0.2) is 0 Å². The van der Waals surface area contributed by atoms with Crippen LogP contribution in [0.1, 0.15) is 32.6 Å². The average Bonchev–Trinajstić information content (AvgIpc) is 3.16. The summed E-state index contributed by atoms with van der Waals surface area (Å²) in [5, 5.41) is 0. The van der Waals surface area contributed by atoms with E-state index >= 15 is 0 Å². The molecule has 3 rings (SSSR count). The smallest absolute Gasteiger partial charge is 0.251 e. The Labute approximate surface area is 148 Å². The van der Waals surface area contributed by atoms with Crippen LogP contribution >= 0.6 is 27.3 Å². The monoisotopic (exact) mass is 396 g/mol. The summed E-state index contributed by atoms with van der Waals surface area (Å²) in [5.41, 5.74) is 1.11. The second-order valence-electron chi connectivity index (χ2n) is 5.78. The molecule has 1 aliphatic carbocycles. The van der Waals surface area contributed by atoms with Gasteiger partial charge in [0.25, 0.3) is 5.91 Å². The summed E-state index contributed by atoms with van der Waals surface area (Å²) >= 11 is 5.08. The summed E-state index contributed by atoms with van der Waals surface area (Å²) in [6, 6.07) is 6.17. The molecular weight excluding hydrogens is 376 g/mol. The molecule has 0 radical (unpaired) electrons. The number of halogens is 1. The Morgan fingerprint density at radius 1 is 1.43 bits per heavy atom. The predicted molar refractivity (Wildman–Crippen MR) is 96.5 cm³/mol. The number of thiazole rings is 1. The molecule has 0 aliphatic heterocycles. The Balaban J connectivity index is 1.99. The van der Waals surface area contributed by atoms with Gasteiger partial charge in [-0.15, -0.1) is 0 Å². The quantitative estimate of drug-likeness (QED) is 0.713. The van der Waals surface area contributed by atoms with Gasteiger partial charge in [0.15, 0.2) is 4.80 Å². The van der Waals surface area contributed by atoms with Gasteiger partial charge in [0.05, 0.1) is 16.8 Å². The molecule has 0 atom stereocenters. The van der Waals surface area contributed by atoms with E-state index in [9.17, 15) is 4.79 Å². The van der Waals surface area contributed by atoms with Gasteiger partial charge in [0, 0.05) is 23.5 Å². The Kier molecular flexibility index (Phi) is 5.67. The van der Waals surface area contributed by atoms with Crippen molar-refractivity contribution in [1.82, 2.24) is 4.57 Å². The number of carbonyl (C=O) groups is 1. The number of fused-ring (bicyclic) bond motifs is 1. The molecule has 1 fully saturated rings. The minimum Gasteiger partial charge on any atom is -0.380 e. The van der Waals surface area contributed by atoms with E-state index in [2.05, 4.69) is 37.6 Å². The van der Waals surface area contributed by atoms with Crippen LogP contribution in [0, 0.1) is 5.92 Å². The molecule has 23 heavy (non-hydrogen) atoms. The third-order valence-electron chi connectivity index (χ3n) is 4.22. The highest BCUT2D eigenvalue weighted by Crippen LogP contribution is 2.26. The number of nitrogens with zero attached hydrogens (tertiary/aromatic N) is 2. The molecule has 1 amide bonds. The van der Waals surface area contributed by atoms with E-state index in [1.807, 2.05) is 13.0 Å². The third kappa shape index (κ3) is 3.92. The highest BCUT2D eigenvalue weighted by molar-refractivity contribution is 9.10. The number of hydrogen-bond donors (Lipinski definition) is 0. The summed E-state index contributed by atoms with van der Waals surface area (Å²) in [6.45, 7) is 4.03. The highest BCUT2D eigenvalue weighted by Gasteiger charge is 2.22. The maximum Gasteiger partial charge on any atom is 0.251 e. The lowest BCUT2D eigenvalue weighted by Crippen LogP contribution is -2.21. The molecule has 1 heterocycles. The molecule has 6 heteroatoms. The van der Waals surface area contributed by atoms with Crippen LogP contribution in [0.3, 0.4) is 0 Å². The van der Waals surface area contributed by atoms with Crippen molar-refractivity contribution in [1.29, 1.82) is 0 Å². The van der Waals surface area contributed by atoms with Crippen LogP contribution in [0.15, 0.2) is 27.7 Å². The van der Waals surface area contributed by atoms with E-state index < -0.39 is 0 Å². The Hall–Kier alpha value is -0.980. The van der Waals surface area contributed by atoms with Crippen molar-refractivity contribution in [3.63, 3.8) is 0 Å². The van der Waals surface area contributed by atoms with Crippen LogP contribution < -0.4 is 4.80 Å². The van der Waals surface area contributed by atoms with Gasteiger partial charge in [-0.2, -0.15) is 4.99 Å². The maximum atomic E-state index is 12.4. The SMILES string of the molecule is CCOCCn1c(=NC(=O)C2CCCC2)sc2cc(Br)ccc21. The fourth-order valence-corrected chi connectivity index (χ4v) is 4.62. The van der Waals surface area contributed by atoms with Crippen molar-refractivity contribution >= 4 is 43.4 Å². The van der Waals surface area contributed by atoms with Gasteiger partial charge in [-0.3, -0.25) is 4.79 Å². The Morgan fingerprint density at radius 3 is 2.96 bits per heavy atom. The van der Waals surface area contributed by atoms with Gasteiger partial charge in [-0.1, -0.05) is 40.1 Å². The van der Waals surface area contributed by atoms with E-state index in [0.717, 1.165) is 45.2 Å². The van der Waals surface area contributed by atoms with Gasteiger partial charge in [0.2, 0.25) is 0 Å². The summed E-state index contributed by atoms with van der Waals surface area (Å²) in [5.74, 6) is 0.158. The molecular formula is C17H21BrN2O2S. The van der Waals surface area contributed by atoms with Crippen LogP contribution in [-0.2, 0) is 16.1 Å². The standard InChI is InChI=1S/C17H21BrN2O2S/c1-2-22-10-9-20-14-8-7-13(18)11-15(14)23-17(20)19-16(21)12-5-3-4-6-12/h7-8,11-12H,2-6,9-10H2,1H3. The van der Waals surface area contributed by atoms with E-state index in [1.54, 1.807) is 11.3 Å².